The molecule has 0 aliphatic heterocycles. The van der Waals surface area contributed by atoms with Gasteiger partial charge >= 0.3 is 0 Å². The largest absolute Gasteiger partial charge is 0.375 e. The van der Waals surface area contributed by atoms with Crippen LogP contribution in [0, 0.1) is 11.3 Å². The summed E-state index contributed by atoms with van der Waals surface area (Å²) < 4.78 is 0. The van der Waals surface area contributed by atoms with E-state index in [9.17, 15) is 0 Å². The number of thiocarbonyl (C=S) groups is 1. The van der Waals surface area contributed by atoms with Crippen LogP contribution >= 0.6 is 12.2 Å². The van der Waals surface area contributed by atoms with Crippen LogP contribution in [-0.2, 0) is 0 Å². The monoisotopic (exact) mass is 247 g/mol. The number of hydrogen-bond donors (Lipinski definition) is 2. The van der Waals surface area contributed by atoms with Crippen LogP contribution in [0.1, 0.15) is 5.56 Å². The second-order valence-corrected chi connectivity index (χ2v) is 3.78. The van der Waals surface area contributed by atoms with Crippen molar-refractivity contribution in [2.45, 2.75) is 0 Å². The van der Waals surface area contributed by atoms with E-state index in [1.165, 1.54) is 0 Å². The quantitative estimate of drug-likeness (QED) is 0.356. The Hall–Kier alpha value is -2.13. The molecule has 0 heterocycles. The molecule has 5 nitrogen and oxygen atoms in total. The lowest BCUT2D eigenvalue weighted by molar-refractivity contribution is 1.03. The van der Waals surface area contributed by atoms with Crippen molar-refractivity contribution in [2.24, 2.45) is 10.8 Å². The van der Waals surface area contributed by atoms with Gasteiger partial charge in [0.05, 0.1) is 12.3 Å². The van der Waals surface area contributed by atoms with Gasteiger partial charge in [0.15, 0.2) is 5.11 Å². The normalized spacial score (nSPS) is 9.88. The molecular formula is C11H13N5S. The average molecular weight is 247 g/mol. The highest BCUT2D eigenvalue weighted by Gasteiger charge is 1.98. The third-order valence-electron chi connectivity index (χ3n) is 2.03. The van der Waals surface area contributed by atoms with Crippen molar-refractivity contribution in [1.82, 2.24) is 5.43 Å². The van der Waals surface area contributed by atoms with Gasteiger partial charge in [0.1, 0.15) is 6.54 Å². The minimum Gasteiger partial charge on any atom is -0.375 e. The highest BCUT2D eigenvalue weighted by atomic mass is 32.1. The number of anilines is 1. The fraction of sp³-hybridized carbons (Fsp3) is 0.182. The van der Waals surface area contributed by atoms with E-state index >= 15 is 0 Å². The molecule has 0 fully saturated rings. The van der Waals surface area contributed by atoms with Crippen LogP contribution in [0.5, 0.6) is 0 Å². The summed E-state index contributed by atoms with van der Waals surface area (Å²) in [6.07, 6.45) is 1.62. The molecule has 0 atom stereocenters. The van der Waals surface area contributed by atoms with Crippen LogP contribution in [0.2, 0.25) is 0 Å². The first kappa shape index (κ1) is 12.9. The van der Waals surface area contributed by atoms with E-state index in [0.29, 0.717) is 6.54 Å². The summed E-state index contributed by atoms with van der Waals surface area (Å²) in [5, 5.41) is 12.6. The van der Waals surface area contributed by atoms with E-state index in [1.54, 1.807) is 6.21 Å². The highest BCUT2D eigenvalue weighted by Crippen LogP contribution is 2.12. The molecule has 1 aromatic carbocycles. The number of nitrogens with zero attached hydrogens (tertiary/aromatic N) is 3. The molecule has 0 amide bonds. The van der Waals surface area contributed by atoms with E-state index in [2.05, 4.69) is 28.8 Å². The lowest BCUT2D eigenvalue weighted by Gasteiger charge is -2.14. The number of hydrazone groups is 1. The molecule has 1 rings (SSSR count). The number of rotatable bonds is 4. The van der Waals surface area contributed by atoms with Gasteiger partial charge in [0.25, 0.3) is 0 Å². The lowest BCUT2D eigenvalue weighted by Crippen LogP contribution is -2.24. The Morgan fingerprint density at radius 3 is 2.76 bits per heavy atom. The molecule has 0 radical (unpaired) electrons. The average Bonchev–Trinajstić information content (AvgIpc) is 2.30. The Morgan fingerprint density at radius 2 is 2.24 bits per heavy atom. The van der Waals surface area contributed by atoms with Crippen LogP contribution in [0.15, 0.2) is 29.4 Å². The van der Waals surface area contributed by atoms with Crippen LogP contribution in [-0.4, -0.2) is 24.9 Å². The number of nitrogens with one attached hydrogen (secondary N) is 1. The van der Waals surface area contributed by atoms with Crippen LogP contribution < -0.4 is 16.1 Å². The van der Waals surface area contributed by atoms with Crippen molar-refractivity contribution in [2.75, 3.05) is 18.5 Å². The van der Waals surface area contributed by atoms with Crippen molar-refractivity contribution in [3.05, 3.63) is 29.8 Å². The molecule has 0 bridgehead atoms. The maximum Gasteiger partial charge on any atom is 0.184 e. The second kappa shape index (κ2) is 6.45. The van der Waals surface area contributed by atoms with Crippen LogP contribution in [0.4, 0.5) is 5.69 Å². The highest BCUT2D eigenvalue weighted by molar-refractivity contribution is 7.80. The van der Waals surface area contributed by atoms with Gasteiger partial charge in [-0.2, -0.15) is 10.4 Å². The number of nitrogens with two attached hydrogens (primary N) is 1. The molecule has 1 aromatic rings. The summed E-state index contributed by atoms with van der Waals surface area (Å²) >= 11 is 4.61. The standard InChI is InChI=1S/C11H13N5S/c1-16(7-6-12)10-4-2-9(3-5-10)8-14-15-11(13)17/h2-5,8H,7H2,1H3,(H3,13,15,17)/b14-8+. The van der Waals surface area contributed by atoms with E-state index in [4.69, 9.17) is 11.0 Å². The fourth-order valence-corrected chi connectivity index (χ4v) is 1.24. The Bertz CT molecular complexity index is 446. The zero-order chi connectivity index (χ0) is 12.7. The van der Waals surface area contributed by atoms with Crippen molar-refractivity contribution >= 4 is 29.2 Å². The molecule has 0 aromatic heterocycles. The summed E-state index contributed by atoms with van der Waals surface area (Å²) in [6, 6.07) is 9.71. The van der Waals surface area contributed by atoms with Gasteiger partial charge in [0.2, 0.25) is 0 Å². The zero-order valence-corrected chi connectivity index (χ0v) is 10.2. The Kier molecular flexibility index (Phi) is 4.91. The Labute approximate surface area is 106 Å². The first-order valence-corrected chi connectivity index (χ1v) is 5.31. The SMILES string of the molecule is CN(CC#N)c1ccc(/C=N/NC(N)=S)cc1. The minimum atomic E-state index is 0.131. The predicted octanol–water partition coefficient (Wildman–Crippen LogP) is 0.813. The van der Waals surface area contributed by atoms with E-state index < -0.39 is 0 Å². The van der Waals surface area contributed by atoms with Gasteiger partial charge < -0.3 is 10.6 Å². The van der Waals surface area contributed by atoms with Gasteiger partial charge in [-0.25, -0.2) is 0 Å². The minimum absolute atomic E-state index is 0.131. The van der Waals surface area contributed by atoms with Crippen LogP contribution in [0.25, 0.3) is 0 Å². The molecule has 6 heteroatoms. The fourth-order valence-electron chi connectivity index (χ4n) is 1.18. The molecule has 0 saturated carbocycles. The molecule has 0 aliphatic rings. The Morgan fingerprint density at radius 1 is 1.59 bits per heavy atom. The van der Waals surface area contributed by atoms with Gasteiger partial charge in [-0.05, 0) is 29.9 Å². The van der Waals surface area contributed by atoms with Crippen molar-refractivity contribution < 1.29 is 0 Å². The molecule has 17 heavy (non-hydrogen) atoms. The van der Waals surface area contributed by atoms with Gasteiger partial charge in [0, 0.05) is 12.7 Å². The maximum absolute atomic E-state index is 8.58. The third kappa shape index (κ3) is 4.49. The van der Waals surface area contributed by atoms with Crippen LogP contribution in [0.3, 0.4) is 0 Å². The van der Waals surface area contributed by atoms with Gasteiger partial charge in [-0.1, -0.05) is 12.1 Å². The summed E-state index contributed by atoms with van der Waals surface area (Å²) in [6.45, 7) is 0.358. The topological polar surface area (TPSA) is 77.4 Å². The lowest BCUT2D eigenvalue weighted by atomic mass is 10.2. The molecule has 0 spiro atoms. The van der Waals surface area contributed by atoms with Gasteiger partial charge in [-0.3, -0.25) is 5.43 Å². The van der Waals surface area contributed by atoms with E-state index in [0.717, 1.165) is 11.3 Å². The first-order valence-electron chi connectivity index (χ1n) is 4.90. The summed E-state index contributed by atoms with van der Waals surface area (Å²) in [4.78, 5) is 1.86. The summed E-state index contributed by atoms with van der Waals surface area (Å²) in [5.74, 6) is 0. The van der Waals surface area contributed by atoms with Crippen molar-refractivity contribution in [1.29, 1.82) is 5.26 Å². The number of hydrogen-bond acceptors (Lipinski definition) is 4. The van der Waals surface area contributed by atoms with Crippen molar-refractivity contribution in [3.63, 3.8) is 0 Å². The second-order valence-electron chi connectivity index (χ2n) is 3.34. The maximum atomic E-state index is 8.58. The molecule has 0 saturated heterocycles. The number of benzene rings is 1. The summed E-state index contributed by atoms with van der Waals surface area (Å²) in [5.41, 5.74) is 9.60. The van der Waals surface area contributed by atoms with Crippen molar-refractivity contribution in [3.8, 4) is 6.07 Å². The molecular weight excluding hydrogens is 234 g/mol. The molecule has 3 N–H and O–H groups in total. The Balaban J connectivity index is 2.65. The van der Waals surface area contributed by atoms with E-state index in [1.807, 2.05) is 36.2 Å². The number of nitriles is 1. The zero-order valence-electron chi connectivity index (χ0n) is 9.42. The molecule has 0 aliphatic carbocycles. The van der Waals surface area contributed by atoms with E-state index in [-0.39, 0.29) is 5.11 Å². The summed E-state index contributed by atoms with van der Waals surface area (Å²) in [7, 11) is 1.86. The molecule has 88 valence electrons. The smallest absolute Gasteiger partial charge is 0.184 e. The van der Waals surface area contributed by atoms with Gasteiger partial charge in [-0.15, -0.1) is 0 Å². The predicted molar refractivity (Wildman–Crippen MR) is 72.8 cm³/mol. The molecule has 0 unspecified atom stereocenters. The first-order chi connectivity index (χ1) is 8.13. The third-order valence-corrected chi connectivity index (χ3v) is 2.12.